The van der Waals surface area contributed by atoms with Gasteiger partial charge in [-0.3, -0.25) is 9.59 Å². The third-order valence-electron chi connectivity index (χ3n) is 4.68. The van der Waals surface area contributed by atoms with E-state index >= 15 is 0 Å². The van der Waals surface area contributed by atoms with Gasteiger partial charge in [-0.25, -0.2) is 0 Å². The second kappa shape index (κ2) is 7.02. The van der Waals surface area contributed by atoms with Crippen molar-refractivity contribution < 1.29 is 14.7 Å². The number of carbonyl (C=O) groups excluding carboxylic acids is 2. The standard InChI is InChI=1S/C18H24N2O3/c21-16-7-2-1-4-12(16)11-17(22)19-15-6-3-5-13(10-15)18(23)20-14-8-9-14/h1-2,4,7,13-15,21H,3,5-6,8-11H2,(H,19,22)(H,20,23)/t13-,15+/m1/s1. The second-order valence-corrected chi connectivity index (χ2v) is 6.72. The highest BCUT2D eigenvalue weighted by Crippen LogP contribution is 2.27. The van der Waals surface area contributed by atoms with Gasteiger partial charge in [0.2, 0.25) is 11.8 Å². The van der Waals surface area contributed by atoms with Gasteiger partial charge in [-0.1, -0.05) is 24.6 Å². The number of hydrogen-bond donors (Lipinski definition) is 3. The molecule has 0 bridgehead atoms. The molecule has 124 valence electrons. The van der Waals surface area contributed by atoms with Crippen LogP contribution in [0, 0.1) is 5.92 Å². The van der Waals surface area contributed by atoms with Gasteiger partial charge < -0.3 is 15.7 Å². The molecule has 3 N–H and O–H groups in total. The Kier molecular flexibility index (Phi) is 4.84. The minimum absolute atomic E-state index is 0.0137. The van der Waals surface area contributed by atoms with E-state index in [1.54, 1.807) is 24.3 Å². The van der Waals surface area contributed by atoms with Gasteiger partial charge in [0, 0.05) is 23.6 Å². The van der Waals surface area contributed by atoms with E-state index in [4.69, 9.17) is 0 Å². The maximum Gasteiger partial charge on any atom is 0.224 e. The molecule has 3 rings (SSSR count). The Hall–Kier alpha value is -2.04. The van der Waals surface area contributed by atoms with Crippen molar-refractivity contribution in [2.45, 2.75) is 57.0 Å². The summed E-state index contributed by atoms with van der Waals surface area (Å²) in [5.74, 6) is 0.208. The van der Waals surface area contributed by atoms with Crippen molar-refractivity contribution in [3.05, 3.63) is 29.8 Å². The lowest BCUT2D eigenvalue weighted by Crippen LogP contribution is -2.43. The first-order valence-corrected chi connectivity index (χ1v) is 8.48. The lowest BCUT2D eigenvalue weighted by molar-refractivity contribution is -0.127. The highest BCUT2D eigenvalue weighted by molar-refractivity contribution is 5.81. The Morgan fingerprint density at radius 2 is 1.83 bits per heavy atom. The average molecular weight is 316 g/mol. The van der Waals surface area contributed by atoms with Gasteiger partial charge in [0.05, 0.1) is 6.42 Å². The Morgan fingerprint density at radius 3 is 2.57 bits per heavy atom. The van der Waals surface area contributed by atoms with Gasteiger partial charge in [0.1, 0.15) is 5.75 Å². The lowest BCUT2D eigenvalue weighted by Gasteiger charge is -2.29. The fourth-order valence-electron chi connectivity index (χ4n) is 3.22. The Morgan fingerprint density at radius 1 is 1.04 bits per heavy atom. The first-order chi connectivity index (χ1) is 11.1. The molecule has 5 heteroatoms. The molecule has 0 heterocycles. The predicted molar refractivity (Wildman–Crippen MR) is 86.9 cm³/mol. The summed E-state index contributed by atoms with van der Waals surface area (Å²) in [4.78, 5) is 24.3. The molecule has 0 unspecified atom stereocenters. The molecule has 2 aliphatic rings. The number of para-hydroxylation sites is 1. The molecule has 0 aromatic heterocycles. The number of phenols is 1. The summed E-state index contributed by atoms with van der Waals surface area (Å²) in [6.07, 6.45) is 5.86. The topological polar surface area (TPSA) is 78.4 Å². The number of nitrogens with one attached hydrogen (secondary N) is 2. The molecule has 1 aromatic rings. The molecule has 0 radical (unpaired) electrons. The van der Waals surface area contributed by atoms with Crippen molar-refractivity contribution in [1.29, 1.82) is 0 Å². The molecule has 0 saturated heterocycles. The summed E-state index contributed by atoms with van der Waals surface area (Å²) in [6.45, 7) is 0. The van der Waals surface area contributed by atoms with Gasteiger partial charge in [-0.15, -0.1) is 0 Å². The molecule has 2 atom stereocenters. The average Bonchev–Trinajstić information content (AvgIpc) is 3.34. The van der Waals surface area contributed by atoms with Gasteiger partial charge in [0.25, 0.3) is 0 Å². The normalized spacial score (nSPS) is 24.0. The zero-order valence-electron chi connectivity index (χ0n) is 13.3. The predicted octanol–water partition coefficient (Wildman–Crippen LogP) is 1.89. The third kappa shape index (κ3) is 4.47. The molecular formula is C18H24N2O3. The second-order valence-electron chi connectivity index (χ2n) is 6.72. The smallest absolute Gasteiger partial charge is 0.224 e. The number of rotatable bonds is 5. The molecule has 0 spiro atoms. The monoisotopic (exact) mass is 316 g/mol. The van der Waals surface area contributed by atoms with E-state index in [1.807, 2.05) is 0 Å². The zero-order valence-corrected chi connectivity index (χ0v) is 13.3. The van der Waals surface area contributed by atoms with E-state index < -0.39 is 0 Å². The highest BCUT2D eigenvalue weighted by atomic mass is 16.3. The molecule has 23 heavy (non-hydrogen) atoms. The molecular weight excluding hydrogens is 292 g/mol. The number of aromatic hydroxyl groups is 1. The van der Waals surface area contributed by atoms with Crippen LogP contribution < -0.4 is 10.6 Å². The molecule has 0 aliphatic heterocycles. The maximum atomic E-state index is 12.2. The van der Waals surface area contributed by atoms with Gasteiger partial charge in [-0.2, -0.15) is 0 Å². The van der Waals surface area contributed by atoms with Crippen LogP contribution in [-0.4, -0.2) is 29.0 Å². The minimum Gasteiger partial charge on any atom is -0.508 e. The van der Waals surface area contributed by atoms with Gasteiger partial charge >= 0.3 is 0 Å². The fraction of sp³-hybridized carbons (Fsp3) is 0.556. The zero-order chi connectivity index (χ0) is 16.2. The summed E-state index contributed by atoms with van der Waals surface area (Å²) in [5.41, 5.74) is 0.629. The van der Waals surface area contributed by atoms with E-state index in [0.717, 1.165) is 32.1 Å². The third-order valence-corrected chi connectivity index (χ3v) is 4.68. The summed E-state index contributed by atoms with van der Waals surface area (Å²) >= 11 is 0. The highest BCUT2D eigenvalue weighted by Gasteiger charge is 2.31. The maximum absolute atomic E-state index is 12.2. The summed E-state index contributed by atoms with van der Waals surface area (Å²) < 4.78 is 0. The number of benzene rings is 1. The molecule has 2 amide bonds. The van der Waals surface area contributed by atoms with E-state index in [0.29, 0.717) is 18.0 Å². The van der Waals surface area contributed by atoms with E-state index in [9.17, 15) is 14.7 Å². The van der Waals surface area contributed by atoms with Gasteiger partial charge in [0.15, 0.2) is 0 Å². The molecule has 2 saturated carbocycles. The van der Waals surface area contributed by atoms with Crippen molar-refractivity contribution in [2.75, 3.05) is 0 Å². The fourth-order valence-corrected chi connectivity index (χ4v) is 3.22. The van der Waals surface area contributed by atoms with Crippen LogP contribution in [0.25, 0.3) is 0 Å². The van der Waals surface area contributed by atoms with Crippen LogP contribution in [0.4, 0.5) is 0 Å². The Bertz CT molecular complexity index is 583. The van der Waals surface area contributed by atoms with Crippen LogP contribution in [0.15, 0.2) is 24.3 Å². The molecule has 1 aromatic carbocycles. The van der Waals surface area contributed by atoms with Gasteiger partial charge in [-0.05, 0) is 38.2 Å². The lowest BCUT2D eigenvalue weighted by atomic mass is 9.85. The molecule has 2 fully saturated rings. The number of hydrogen-bond acceptors (Lipinski definition) is 3. The largest absolute Gasteiger partial charge is 0.508 e. The van der Waals surface area contributed by atoms with Crippen molar-refractivity contribution >= 4 is 11.8 Å². The molecule has 5 nitrogen and oxygen atoms in total. The number of carbonyl (C=O) groups is 2. The van der Waals surface area contributed by atoms with Crippen LogP contribution in [0.3, 0.4) is 0 Å². The van der Waals surface area contributed by atoms with E-state index in [2.05, 4.69) is 10.6 Å². The van der Waals surface area contributed by atoms with Crippen molar-refractivity contribution in [3.63, 3.8) is 0 Å². The van der Waals surface area contributed by atoms with E-state index in [-0.39, 0.29) is 35.9 Å². The van der Waals surface area contributed by atoms with Crippen LogP contribution in [0.1, 0.15) is 44.1 Å². The quantitative estimate of drug-likeness (QED) is 0.776. The Labute approximate surface area is 136 Å². The first kappa shape index (κ1) is 15.8. The summed E-state index contributed by atoms with van der Waals surface area (Å²) in [6, 6.07) is 7.32. The minimum atomic E-state index is -0.0975. The van der Waals surface area contributed by atoms with Crippen LogP contribution >= 0.6 is 0 Å². The first-order valence-electron chi connectivity index (χ1n) is 8.48. The van der Waals surface area contributed by atoms with Crippen molar-refractivity contribution in [2.24, 2.45) is 5.92 Å². The summed E-state index contributed by atoms with van der Waals surface area (Å²) in [7, 11) is 0. The molecule has 2 aliphatic carbocycles. The van der Waals surface area contributed by atoms with Crippen LogP contribution in [-0.2, 0) is 16.0 Å². The number of phenolic OH excluding ortho intramolecular Hbond substituents is 1. The van der Waals surface area contributed by atoms with Crippen LogP contribution in [0.5, 0.6) is 5.75 Å². The summed E-state index contributed by atoms with van der Waals surface area (Å²) in [5, 5.41) is 15.8. The van der Waals surface area contributed by atoms with E-state index in [1.165, 1.54) is 0 Å². The number of amides is 2. The Balaban J connectivity index is 1.49. The van der Waals surface area contributed by atoms with Crippen molar-refractivity contribution in [1.82, 2.24) is 10.6 Å². The SMILES string of the molecule is O=C(Cc1ccccc1O)N[C@H]1CCC[C@@H](C(=O)NC2CC2)C1. The van der Waals surface area contributed by atoms with Crippen molar-refractivity contribution in [3.8, 4) is 5.75 Å². The van der Waals surface area contributed by atoms with Crippen LogP contribution in [0.2, 0.25) is 0 Å².